The molecule has 1 heterocycles. The molecule has 0 aromatic carbocycles. The maximum atomic E-state index is 10.5. The summed E-state index contributed by atoms with van der Waals surface area (Å²) < 4.78 is 10.5. The van der Waals surface area contributed by atoms with Gasteiger partial charge in [0, 0.05) is 18.8 Å². The van der Waals surface area contributed by atoms with Gasteiger partial charge < -0.3 is 24.2 Å². The molecule has 80 valence electrons. The van der Waals surface area contributed by atoms with Crippen LogP contribution >= 0.6 is 0 Å². The lowest BCUT2D eigenvalue weighted by Gasteiger charge is -2.39. The molecule has 5 nitrogen and oxygen atoms in total. The number of carboxylic acids is 1. The number of aliphatic carboxylic acids is 1. The predicted molar refractivity (Wildman–Crippen MR) is 44.1 cm³/mol. The SMILES string of the molecule is CC1(C)O[C@@H](CC(=O)[O-])C[C@@H](C=O)O1. The van der Waals surface area contributed by atoms with E-state index in [1.807, 2.05) is 0 Å². The number of hydrogen-bond donors (Lipinski definition) is 0. The van der Waals surface area contributed by atoms with E-state index in [-0.39, 0.29) is 12.8 Å². The molecule has 0 saturated carbocycles. The van der Waals surface area contributed by atoms with E-state index in [1.54, 1.807) is 13.8 Å². The molecule has 0 aromatic rings. The van der Waals surface area contributed by atoms with Gasteiger partial charge in [-0.05, 0) is 13.8 Å². The molecule has 1 aliphatic rings. The molecule has 0 aromatic heterocycles. The number of carbonyl (C=O) groups is 2. The van der Waals surface area contributed by atoms with Crippen molar-refractivity contribution < 1.29 is 24.2 Å². The fraction of sp³-hybridized carbons (Fsp3) is 0.778. The summed E-state index contributed by atoms with van der Waals surface area (Å²) in [5.74, 6) is -2.10. The van der Waals surface area contributed by atoms with Gasteiger partial charge in [-0.3, -0.25) is 0 Å². The zero-order valence-electron chi connectivity index (χ0n) is 8.19. The van der Waals surface area contributed by atoms with Crippen LogP contribution in [0, 0.1) is 0 Å². The van der Waals surface area contributed by atoms with E-state index in [9.17, 15) is 14.7 Å². The Hall–Kier alpha value is -0.940. The van der Waals surface area contributed by atoms with Crippen LogP contribution in [0.5, 0.6) is 0 Å². The van der Waals surface area contributed by atoms with Crippen LogP contribution < -0.4 is 5.11 Å². The molecule has 0 bridgehead atoms. The quantitative estimate of drug-likeness (QED) is 0.561. The molecule has 0 radical (unpaired) electrons. The fourth-order valence-electron chi connectivity index (χ4n) is 1.54. The smallest absolute Gasteiger partial charge is 0.164 e. The second kappa shape index (κ2) is 4.06. The van der Waals surface area contributed by atoms with Gasteiger partial charge in [0.2, 0.25) is 0 Å². The molecule has 2 atom stereocenters. The third kappa shape index (κ3) is 3.08. The van der Waals surface area contributed by atoms with Gasteiger partial charge in [-0.25, -0.2) is 0 Å². The maximum Gasteiger partial charge on any atom is 0.164 e. The fourth-order valence-corrected chi connectivity index (χ4v) is 1.54. The minimum atomic E-state index is -1.18. The average Bonchev–Trinajstić information content (AvgIpc) is 1.99. The van der Waals surface area contributed by atoms with Gasteiger partial charge >= 0.3 is 0 Å². The monoisotopic (exact) mass is 201 g/mol. The lowest BCUT2D eigenvalue weighted by atomic mass is 10.1. The number of ether oxygens (including phenoxy) is 2. The summed E-state index contributed by atoms with van der Waals surface area (Å²) in [6, 6.07) is 0. The van der Waals surface area contributed by atoms with Crippen LogP contribution in [0.15, 0.2) is 0 Å². The van der Waals surface area contributed by atoms with Gasteiger partial charge in [0.1, 0.15) is 12.4 Å². The van der Waals surface area contributed by atoms with E-state index >= 15 is 0 Å². The van der Waals surface area contributed by atoms with Crippen molar-refractivity contribution in [1.82, 2.24) is 0 Å². The van der Waals surface area contributed by atoms with Crippen molar-refractivity contribution in [2.24, 2.45) is 0 Å². The summed E-state index contributed by atoms with van der Waals surface area (Å²) in [4.78, 5) is 20.9. The zero-order valence-corrected chi connectivity index (χ0v) is 8.19. The Kier molecular flexibility index (Phi) is 3.23. The summed E-state index contributed by atoms with van der Waals surface area (Å²) in [5.41, 5.74) is 0. The van der Waals surface area contributed by atoms with Crippen LogP contribution in [0.25, 0.3) is 0 Å². The topological polar surface area (TPSA) is 75.7 Å². The summed E-state index contributed by atoms with van der Waals surface area (Å²) in [5, 5.41) is 10.4. The summed E-state index contributed by atoms with van der Waals surface area (Å²) in [7, 11) is 0. The molecular weight excluding hydrogens is 188 g/mol. The molecule has 0 amide bonds. The van der Waals surface area contributed by atoms with E-state index in [1.165, 1.54) is 0 Å². The first-order valence-electron chi connectivity index (χ1n) is 4.44. The highest BCUT2D eigenvalue weighted by Crippen LogP contribution is 2.27. The number of hydrogen-bond acceptors (Lipinski definition) is 5. The van der Waals surface area contributed by atoms with Crippen molar-refractivity contribution in [1.29, 1.82) is 0 Å². The Morgan fingerprint density at radius 1 is 1.57 bits per heavy atom. The van der Waals surface area contributed by atoms with Crippen molar-refractivity contribution in [2.45, 2.75) is 44.7 Å². The minimum absolute atomic E-state index is 0.211. The van der Waals surface area contributed by atoms with Gasteiger partial charge in [0.25, 0.3) is 0 Å². The Morgan fingerprint density at radius 2 is 2.21 bits per heavy atom. The molecule has 1 aliphatic heterocycles. The Labute approximate surface area is 82.0 Å². The van der Waals surface area contributed by atoms with Gasteiger partial charge in [-0.1, -0.05) is 0 Å². The van der Waals surface area contributed by atoms with Crippen LogP contribution in [0.4, 0.5) is 0 Å². The van der Waals surface area contributed by atoms with E-state index in [0.717, 1.165) is 0 Å². The van der Waals surface area contributed by atoms with Crippen molar-refractivity contribution in [2.75, 3.05) is 0 Å². The molecule has 0 spiro atoms. The van der Waals surface area contributed by atoms with Crippen LogP contribution in [0.1, 0.15) is 26.7 Å². The van der Waals surface area contributed by atoms with Crippen LogP contribution in [0.2, 0.25) is 0 Å². The number of carbonyl (C=O) groups excluding carboxylic acids is 2. The second-order valence-corrected chi connectivity index (χ2v) is 3.74. The molecule has 0 N–H and O–H groups in total. The van der Waals surface area contributed by atoms with E-state index in [0.29, 0.717) is 6.29 Å². The normalized spacial score (nSPS) is 31.0. The molecule has 14 heavy (non-hydrogen) atoms. The number of carboxylic acid groups (broad SMARTS) is 1. The largest absolute Gasteiger partial charge is 0.550 e. The van der Waals surface area contributed by atoms with Crippen molar-refractivity contribution in [3.05, 3.63) is 0 Å². The summed E-state index contributed by atoms with van der Waals surface area (Å²) in [6.07, 6.45) is -0.396. The first-order chi connectivity index (χ1) is 6.43. The highest BCUT2D eigenvalue weighted by atomic mass is 16.7. The van der Waals surface area contributed by atoms with Gasteiger partial charge in [-0.15, -0.1) is 0 Å². The summed E-state index contributed by atoms with van der Waals surface area (Å²) in [6.45, 7) is 3.29. The standard InChI is InChI=1S/C9H14O5/c1-9(2)13-6(4-8(11)12)3-7(5-10)14-9/h5-7H,3-4H2,1-2H3,(H,11,12)/p-1/t6-,7+/m1/s1. The van der Waals surface area contributed by atoms with Gasteiger partial charge in [-0.2, -0.15) is 0 Å². The zero-order chi connectivity index (χ0) is 10.8. The van der Waals surface area contributed by atoms with Crippen molar-refractivity contribution >= 4 is 12.3 Å². The maximum absolute atomic E-state index is 10.5. The Bertz CT molecular complexity index is 235. The minimum Gasteiger partial charge on any atom is -0.550 e. The molecular formula is C9H13O5-. The van der Waals surface area contributed by atoms with Gasteiger partial charge in [0.15, 0.2) is 5.79 Å². The van der Waals surface area contributed by atoms with Crippen LogP contribution in [0.3, 0.4) is 0 Å². The molecule has 1 fully saturated rings. The third-order valence-corrected chi connectivity index (χ3v) is 1.93. The lowest BCUT2D eigenvalue weighted by molar-refractivity contribution is -0.320. The van der Waals surface area contributed by atoms with Crippen LogP contribution in [-0.4, -0.2) is 30.3 Å². The molecule has 5 heteroatoms. The Morgan fingerprint density at radius 3 is 2.71 bits per heavy atom. The first-order valence-corrected chi connectivity index (χ1v) is 4.44. The molecule has 1 saturated heterocycles. The average molecular weight is 201 g/mol. The first kappa shape index (κ1) is 11.1. The molecule has 0 aliphatic carbocycles. The van der Waals surface area contributed by atoms with Crippen LogP contribution in [-0.2, 0) is 19.1 Å². The number of aldehydes is 1. The number of rotatable bonds is 3. The van der Waals surface area contributed by atoms with E-state index in [4.69, 9.17) is 9.47 Å². The van der Waals surface area contributed by atoms with Crippen molar-refractivity contribution in [3.63, 3.8) is 0 Å². The lowest BCUT2D eigenvalue weighted by Crippen LogP contribution is -2.46. The predicted octanol–water partition coefficient (Wildman–Crippen LogP) is -0.764. The van der Waals surface area contributed by atoms with E-state index in [2.05, 4.69) is 0 Å². The highest BCUT2D eigenvalue weighted by Gasteiger charge is 2.35. The molecule has 0 unspecified atom stereocenters. The van der Waals surface area contributed by atoms with E-state index < -0.39 is 24.0 Å². The molecule has 1 rings (SSSR count). The van der Waals surface area contributed by atoms with Crippen molar-refractivity contribution in [3.8, 4) is 0 Å². The Balaban J connectivity index is 2.60. The van der Waals surface area contributed by atoms with Gasteiger partial charge in [0.05, 0.1) is 6.10 Å². The summed E-state index contributed by atoms with van der Waals surface area (Å²) >= 11 is 0. The second-order valence-electron chi connectivity index (χ2n) is 3.74. The third-order valence-electron chi connectivity index (χ3n) is 1.93. The highest BCUT2D eigenvalue weighted by molar-refractivity contribution is 5.65.